The van der Waals surface area contributed by atoms with E-state index in [0.717, 1.165) is 16.0 Å². The van der Waals surface area contributed by atoms with Crippen molar-refractivity contribution >= 4 is 46.7 Å². The molecule has 0 fully saturated rings. The number of hydrogen-bond acceptors (Lipinski definition) is 7. The van der Waals surface area contributed by atoms with Crippen LogP contribution >= 0.6 is 34.7 Å². The van der Waals surface area contributed by atoms with Gasteiger partial charge in [-0.25, -0.2) is 9.79 Å². The topological polar surface area (TPSA) is 73.8 Å². The Bertz CT molecular complexity index is 1710. The van der Waals surface area contributed by atoms with Gasteiger partial charge in [0.2, 0.25) is 0 Å². The summed E-state index contributed by atoms with van der Waals surface area (Å²) in [7, 11) is 0. The Labute approximate surface area is 232 Å². The third kappa shape index (κ3) is 5.16. The Morgan fingerprint density at radius 2 is 1.84 bits per heavy atom. The number of fused-ring (bicyclic) bond motifs is 1. The van der Waals surface area contributed by atoms with Gasteiger partial charge in [0.05, 0.1) is 27.9 Å². The van der Waals surface area contributed by atoms with E-state index in [1.54, 1.807) is 55.3 Å². The molecular weight excluding hydrogens is 540 g/mol. The number of carbonyl (C=O) groups excluding carboxylic acids is 1. The first kappa shape index (κ1) is 26.3. The molecule has 0 N–H and O–H groups in total. The summed E-state index contributed by atoms with van der Waals surface area (Å²) >= 11 is 8.89. The summed E-state index contributed by atoms with van der Waals surface area (Å²) in [6.07, 6.45) is 3.41. The first-order valence-electron chi connectivity index (χ1n) is 12.0. The van der Waals surface area contributed by atoms with Gasteiger partial charge in [0, 0.05) is 21.6 Å². The molecule has 0 spiro atoms. The number of furan rings is 1. The molecule has 0 saturated heterocycles. The summed E-state index contributed by atoms with van der Waals surface area (Å²) in [6, 6.07) is 18.2. The average Bonchev–Trinajstić information content (AvgIpc) is 3.47. The molecule has 2 aromatic heterocycles. The van der Waals surface area contributed by atoms with Gasteiger partial charge in [0.1, 0.15) is 11.5 Å². The largest absolute Gasteiger partial charge is 0.459 e. The lowest BCUT2D eigenvalue weighted by Gasteiger charge is -2.25. The van der Waals surface area contributed by atoms with Crippen molar-refractivity contribution in [3.05, 3.63) is 108 Å². The number of benzene rings is 2. The van der Waals surface area contributed by atoms with Gasteiger partial charge in [0.15, 0.2) is 4.80 Å². The van der Waals surface area contributed by atoms with E-state index in [1.165, 1.54) is 11.3 Å². The third-order valence-corrected chi connectivity index (χ3v) is 8.02. The number of halogens is 1. The second-order valence-corrected chi connectivity index (χ2v) is 11.3. The zero-order valence-corrected chi connectivity index (χ0v) is 23.6. The van der Waals surface area contributed by atoms with E-state index in [9.17, 15) is 9.59 Å². The van der Waals surface area contributed by atoms with E-state index in [0.29, 0.717) is 37.1 Å². The van der Waals surface area contributed by atoms with Crippen LogP contribution in [-0.2, 0) is 9.53 Å². The molecule has 38 heavy (non-hydrogen) atoms. The molecule has 1 aliphatic rings. The molecule has 5 rings (SSSR count). The van der Waals surface area contributed by atoms with E-state index in [4.69, 9.17) is 20.8 Å². The van der Waals surface area contributed by atoms with Crippen molar-refractivity contribution in [3.8, 4) is 11.3 Å². The molecule has 0 aliphatic carbocycles. The lowest BCUT2D eigenvalue weighted by Crippen LogP contribution is -2.40. The number of hydrogen-bond donors (Lipinski definition) is 0. The lowest BCUT2D eigenvalue weighted by atomic mass is 9.96. The highest BCUT2D eigenvalue weighted by molar-refractivity contribution is 7.98. The molecule has 0 saturated carbocycles. The maximum atomic E-state index is 13.8. The summed E-state index contributed by atoms with van der Waals surface area (Å²) in [4.78, 5) is 33.2. The molecule has 4 aromatic rings. The molecule has 0 radical (unpaired) electrons. The number of nitrogens with zero attached hydrogens (tertiary/aromatic N) is 2. The Morgan fingerprint density at radius 1 is 1.13 bits per heavy atom. The fourth-order valence-electron chi connectivity index (χ4n) is 4.29. The SMILES string of the molecule is CSc1ccc([C@H]2C(C(=O)OC(C)C)=C(C)N=c3s/c(=C\c4ccc(-c5ccc(Cl)cc5)o4)c(=O)n32)cc1. The van der Waals surface area contributed by atoms with E-state index < -0.39 is 12.0 Å². The number of thiazole rings is 1. The molecular formula is C29H25ClN2O4S2. The van der Waals surface area contributed by atoms with E-state index in [1.807, 2.05) is 54.8 Å². The van der Waals surface area contributed by atoms with E-state index >= 15 is 0 Å². The highest BCUT2D eigenvalue weighted by Gasteiger charge is 2.33. The Morgan fingerprint density at radius 3 is 2.50 bits per heavy atom. The molecule has 2 aromatic carbocycles. The van der Waals surface area contributed by atoms with Crippen LogP contribution in [0, 0.1) is 0 Å². The molecule has 1 aliphatic heterocycles. The fourth-order valence-corrected chi connectivity index (χ4v) is 5.85. The number of thioether (sulfide) groups is 1. The zero-order chi connectivity index (χ0) is 27.0. The van der Waals surface area contributed by atoms with Crippen LogP contribution < -0.4 is 14.9 Å². The van der Waals surface area contributed by atoms with Gasteiger partial charge in [-0.15, -0.1) is 11.8 Å². The Hall–Kier alpha value is -3.33. The van der Waals surface area contributed by atoms with Crippen molar-refractivity contribution in [1.82, 2.24) is 4.57 Å². The van der Waals surface area contributed by atoms with Crippen LogP contribution in [-0.4, -0.2) is 22.9 Å². The normalized spacial score (nSPS) is 15.5. The number of carbonyl (C=O) groups is 1. The quantitative estimate of drug-likeness (QED) is 0.218. The monoisotopic (exact) mass is 564 g/mol. The average molecular weight is 565 g/mol. The van der Waals surface area contributed by atoms with Gasteiger partial charge in [-0.05, 0) is 81.1 Å². The van der Waals surface area contributed by atoms with Crippen LogP contribution in [0.3, 0.4) is 0 Å². The minimum atomic E-state index is -0.656. The van der Waals surface area contributed by atoms with Crippen molar-refractivity contribution in [2.45, 2.75) is 37.8 Å². The highest BCUT2D eigenvalue weighted by atomic mass is 35.5. The predicted octanol–water partition coefficient (Wildman–Crippen LogP) is 5.82. The maximum absolute atomic E-state index is 13.8. The zero-order valence-electron chi connectivity index (χ0n) is 21.2. The smallest absolute Gasteiger partial charge is 0.338 e. The van der Waals surface area contributed by atoms with Crippen LogP contribution in [0.4, 0.5) is 0 Å². The first-order valence-corrected chi connectivity index (χ1v) is 14.4. The molecule has 0 unspecified atom stereocenters. The molecule has 0 amide bonds. The van der Waals surface area contributed by atoms with Gasteiger partial charge < -0.3 is 9.15 Å². The molecule has 194 valence electrons. The second-order valence-electron chi connectivity index (χ2n) is 9.02. The van der Waals surface area contributed by atoms with E-state index in [2.05, 4.69) is 4.99 Å². The minimum absolute atomic E-state index is 0.250. The molecule has 9 heteroatoms. The van der Waals surface area contributed by atoms with Crippen LogP contribution in [0.25, 0.3) is 17.4 Å². The summed E-state index contributed by atoms with van der Waals surface area (Å²) in [6.45, 7) is 5.38. The number of allylic oxidation sites excluding steroid dienone is 1. The number of esters is 1. The molecule has 1 atom stereocenters. The fraction of sp³-hybridized carbons (Fsp3) is 0.207. The van der Waals surface area contributed by atoms with Gasteiger partial charge >= 0.3 is 5.97 Å². The van der Waals surface area contributed by atoms with Crippen LogP contribution in [0.2, 0.25) is 5.02 Å². The summed E-state index contributed by atoms with van der Waals surface area (Å²) in [5, 5.41) is 0.645. The number of rotatable bonds is 6. The maximum Gasteiger partial charge on any atom is 0.338 e. The van der Waals surface area contributed by atoms with Crippen molar-refractivity contribution in [3.63, 3.8) is 0 Å². The third-order valence-electron chi connectivity index (χ3n) is 6.04. The van der Waals surface area contributed by atoms with E-state index in [-0.39, 0.29) is 11.7 Å². The molecule has 0 bridgehead atoms. The number of aromatic nitrogens is 1. The molecule has 3 heterocycles. The minimum Gasteiger partial charge on any atom is -0.459 e. The van der Waals surface area contributed by atoms with Crippen LogP contribution in [0.1, 0.15) is 38.1 Å². The lowest BCUT2D eigenvalue weighted by molar-refractivity contribution is -0.143. The standard InChI is InChI=1S/C29H25ClN2O4S2/c1-16(2)35-28(34)25-17(3)31-29-32(26(25)19-7-12-22(37-4)13-8-19)27(33)24(38-29)15-21-11-14-23(36-21)18-5-9-20(30)10-6-18/h5-16,26H,1-4H3/b24-15-/t26-/m0/s1. The van der Waals surface area contributed by atoms with Crippen molar-refractivity contribution in [2.24, 2.45) is 4.99 Å². The van der Waals surface area contributed by atoms with Gasteiger partial charge in [-0.1, -0.05) is 35.1 Å². The second kappa shape index (κ2) is 10.8. The van der Waals surface area contributed by atoms with Crippen molar-refractivity contribution < 1.29 is 13.9 Å². The Kier molecular flexibility index (Phi) is 7.47. The van der Waals surface area contributed by atoms with Crippen LogP contribution in [0.5, 0.6) is 0 Å². The van der Waals surface area contributed by atoms with Crippen molar-refractivity contribution in [1.29, 1.82) is 0 Å². The Balaban J connectivity index is 1.62. The van der Waals surface area contributed by atoms with Crippen molar-refractivity contribution in [2.75, 3.05) is 6.26 Å². The van der Waals surface area contributed by atoms with Gasteiger partial charge in [0.25, 0.3) is 5.56 Å². The van der Waals surface area contributed by atoms with Crippen LogP contribution in [0.15, 0.2) is 91.0 Å². The molecule has 6 nitrogen and oxygen atoms in total. The summed E-state index contributed by atoms with van der Waals surface area (Å²) < 4.78 is 13.6. The number of ether oxygens (including phenoxy) is 1. The van der Waals surface area contributed by atoms with Gasteiger partial charge in [-0.2, -0.15) is 0 Å². The highest BCUT2D eigenvalue weighted by Crippen LogP contribution is 2.32. The van der Waals surface area contributed by atoms with Gasteiger partial charge in [-0.3, -0.25) is 9.36 Å². The first-order chi connectivity index (χ1) is 18.2. The summed E-state index contributed by atoms with van der Waals surface area (Å²) in [5.74, 6) is 0.728. The summed E-state index contributed by atoms with van der Waals surface area (Å²) in [5.41, 5.74) is 2.33. The predicted molar refractivity (Wildman–Crippen MR) is 152 cm³/mol.